The Bertz CT molecular complexity index is 1590. The molecule has 48 heavy (non-hydrogen) atoms. The summed E-state index contributed by atoms with van der Waals surface area (Å²) < 4.78 is 21.3. The van der Waals surface area contributed by atoms with Crippen LogP contribution in [0.25, 0.3) is 0 Å². The number of aliphatic hydroxyl groups excluding tert-OH is 3. The van der Waals surface area contributed by atoms with E-state index in [0.29, 0.717) is 36.3 Å². The van der Waals surface area contributed by atoms with Gasteiger partial charge in [-0.15, -0.1) is 0 Å². The molecule has 18 nitrogen and oxygen atoms in total. The maximum Gasteiger partial charge on any atom is 0.348 e. The van der Waals surface area contributed by atoms with Crippen LogP contribution in [0.2, 0.25) is 0 Å². The average molecular weight is 680 g/mol. The Morgan fingerprint density at radius 3 is 2.29 bits per heavy atom. The summed E-state index contributed by atoms with van der Waals surface area (Å²) in [6, 6.07) is 3.21. The highest BCUT2D eigenvalue weighted by Crippen LogP contribution is 2.64. The minimum atomic E-state index is -2.76. The van der Waals surface area contributed by atoms with Gasteiger partial charge in [0.1, 0.15) is 11.5 Å². The number of carboxylic acid groups (broad SMARTS) is 3. The van der Waals surface area contributed by atoms with E-state index in [-0.39, 0.29) is 24.8 Å². The number of hydrogen-bond acceptors (Lipinski definition) is 15. The SMILES string of the molecule is CN1CC[C@]23c4c5ccc(CO)c4O[C@H]2C(OC(=O)C[C@H](OC(=O)[C@H](O)[C@@H](O)C(=O)O)C(=O)O[C@H](CC(=O)O)C(=O)O)=CC[C@@]3(O)[C@H]1C5. The summed E-state index contributed by atoms with van der Waals surface area (Å²) in [6.07, 6.45) is -11.4. The van der Waals surface area contributed by atoms with E-state index in [0.717, 1.165) is 5.56 Å². The van der Waals surface area contributed by atoms with Gasteiger partial charge >= 0.3 is 35.8 Å². The molecule has 1 aromatic rings. The van der Waals surface area contributed by atoms with Crippen LogP contribution in [0.1, 0.15) is 42.4 Å². The third-order valence-corrected chi connectivity index (χ3v) is 9.42. The van der Waals surface area contributed by atoms with Crippen molar-refractivity contribution in [2.75, 3.05) is 13.6 Å². The van der Waals surface area contributed by atoms with E-state index in [9.17, 15) is 54.3 Å². The molecule has 2 bridgehead atoms. The summed E-state index contributed by atoms with van der Waals surface area (Å²) in [4.78, 5) is 74.2. The monoisotopic (exact) mass is 679 g/mol. The van der Waals surface area contributed by atoms with E-state index >= 15 is 0 Å². The molecule has 0 unspecified atom stereocenters. The van der Waals surface area contributed by atoms with Crippen molar-refractivity contribution in [3.05, 3.63) is 40.7 Å². The molecule has 4 aliphatic rings. The Kier molecular flexibility index (Phi) is 9.23. The van der Waals surface area contributed by atoms with Crippen LogP contribution < -0.4 is 4.74 Å². The maximum absolute atomic E-state index is 13.3. The number of benzene rings is 1. The first-order valence-corrected chi connectivity index (χ1v) is 14.8. The first kappa shape index (κ1) is 34.7. The average Bonchev–Trinajstić information content (AvgIpc) is 3.38. The van der Waals surface area contributed by atoms with Gasteiger partial charge in [0.25, 0.3) is 0 Å². The molecule has 7 N–H and O–H groups in total. The summed E-state index contributed by atoms with van der Waals surface area (Å²) >= 11 is 0. The van der Waals surface area contributed by atoms with Crippen LogP contribution in [0, 0.1) is 0 Å². The molecule has 2 aliphatic heterocycles. The summed E-state index contributed by atoms with van der Waals surface area (Å²) in [5.41, 5.74) is -0.493. The fraction of sp³-hybridized carbons (Fsp3) is 0.533. The fourth-order valence-electron chi connectivity index (χ4n) is 7.16. The van der Waals surface area contributed by atoms with Gasteiger partial charge in [-0.3, -0.25) is 9.59 Å². The van der Waals surface area contributed by atoms with Gasteiger partial charge < -0.3 is 59.6 Å². The van der Waals surface area contributed by atoms with Gasteiger partial charge in [0.05, 0.1) is 30.5 Å². The molecule has 2 heterocycles. The van der Waals surface area contributed by atoms with Crippen molar-refractivity contribution < 1.29 is 83.5 Å². The highest BCUT2D eigenvalue weighted by atomic mass is 16.6. The van der Waals surface area contributed by atoms with Gasteiger partial charge in [0.2, 0.25) is 12.2 Å². The lowest BCUT2D eigenvalue weighted by Crippen LogP contribution is -2.74. The first-order valence-electron chi connectivity index (χ1n) is 14.8. The lowest BCUT2D eigenvalue weighted by molar-refractivity contribution is -0.187. The highest BCUT2D eigenvalue weighted by molar-refractivity contribution is 5.90. The number of likely N-dealkylation sites (tertiary alicyclic amines) is 1. The van der Waals surface area contributed by atoms with Crippen molar-refractivity contribution in [3.63, 3.8) is 0 Å². The normalized spacial score (nSPS) is 27.6. The minimum Gasteiger partial charge on any atom is -0.481 e. The van der Waals surface area contributed by atoms with Crippen molar-refractivity contribution in [2.24, 2.45) is 0 Å². The number of esters is 3. The molecule has 1 saturated heterocycles. The molecular weight excluding hydrogens is 646 g/mol. The zero-order valence-electron chi connectivity index (χ0n) is 25.3. The first-order chi connectivity index (χ1) is 22.5. The Balaban J connectivity index is 1.43. The second kappa shape index (κ2) is 12.8. The van der Waals surface area contributed by atoms with Crippen LogP contribution >= 0.6 is 0 Å². The van der Waals surface area contributed by atoms with Crippen LogP contribution in [-0.2, 0) is 61.4 Å². The second-order valence-corrected chi connectivity index (χ2v) is 12.1. The maximum atomic E-state index is 13.3. The molecule has 8 atom stereocenters. The third-order valence-electron chi connectivity index (χ3n) is 9.42. The Labute approximate surface area is 270 Å². The highest BCUT2D eigenvalue weighted by Gasteiger charge is 2.72. The van der Waals surface area contributed by atoms with Crippen molar-refractivity contribution in [2.45, 2.75) is 86.3 Å². The topological polar surface area (TPSA) is 284 Å². The number of aliphatic hydroxyl groups is 4. The van der Waals surface area contributed by atoms with E-state index in [4.69, 9.17) is 24.4 Å². The molecule has 260 valence electrons. The van der Waals surface area contributed by atoms with Gasteiger partial charge in [-0.2, -0.15) is 0 Å². The zero-order chi connectivity index (χ0) is 35.3. The number of piperidine rings is 1. The number of carbonyl (C=O) groups excluding carboxylic acids is 3. The standard InChI is InChI=1S/C30H33NO17/c1-31-7-6-29-20-12-2-3-13(11-32)23(20)48-24(29)14(4-5-30(29,44)17(31)8-12)45-19(35)10-16(47-28(43)22(37)21(36)26(40)41)27(42)46-15(25(38)39)9-18(33)34/h2-4,15-17,21-22,24,32,36-37,44H,5-11H2,1H3,(H,33,34)(H,38,39)(H,40,41)/t15-,16+,17-,21-,22-,24+,29+,30-/m1/s1. The predicted molar refractivity (Wildman–Crippen MR) is 151 cm³/mol. The molecule has 1 aromatic carbocycles. The quantitative estimate of drug-likeness (QED) is 0.0843. The van der Waals surface area contributed by atoms with Gasteiger partial charge in [0.15, 0.2) is 18.3 Å². The molecular formula is C30H33NO17. The van der Waals surface area contributed by atoms with E-state index in [1.165, 1.54) is 6.08 Å². The van der Waals surface area contributed by atoms with Crippen molar-refractivity contribution >= 4 is 35.8 Å². The number of hydrogen-bond donors (Lipinski definition) is 7. The largest absolute Gasteiger partial charge is 0.481 e. The van der Waals surface area contributed by atoms with Crippen LogP contribution in [-0.4, -0.2) is 132 Å². The molecule has 1 fully saturated rings. The molecule has 5 rings (SSSR count). The Morgan fingerprint density at radius 2 is 1.67 bits per heavy atom. The summed E-state index contributed by atoms with van der Waals surface area (Å²) in [7, 11) is 1.88. The van der Waals surface area contributed by atoms with E-state index in [2.05, 4.69) is 4.74 Å². The van der Waals surface area contributed by atoms with E-state index in [1.54, 1.807) is 6.07 Å². The molecule has 0 saturated carbocycles. The summed E-state index contributed by atoms with van der Waals surface area (Å²) in [5.74, 6) is -10.3. The van der Waals surface area contributed by atoms with Gasteiger partial charge in [-0.25, -0.2) is 19.2 Å². The summed E-state index contributed by atoms with van der Waals surface area (Å²) in [6.45, 7) is 0.147. The molecule has 1 spiro atoms. The van der Waals surface area contributed by atoms with Crippen LogP contribution in [0.15, 0.2) is 24.0 Å². The van der Waals surface area contributed by atoms with Crippen LogP contribution in [0.3, 0.4) is 0 Å². The van der Waals surface area contributed by atoms with Crippen LogP contribution in [0.5, 0.6) is 5.75 Å². The number of likely N-dealkylation sites (N-methyl/N-ethyl adjacent to an activating group) is 1. The number of carbonyl (C=O) groups is 6. The fourth-order valence-corrected chi connectivity index (χ4v) is 7.16. The zero-order valence-corrected chi connectivity index (χ0v) is 25.3. The Morgan fingerprint density at radius 1 is 0.979 bits per heavy atom. The van der Waals surface area contributed by atoms with Gasteiger partial charge in [-0.1, -0.05) is 12.1 Å². The number of nitrogens with zero attached hydrogens (tertiary/aromatic N) is 1. The third kappa shape index (κ3) is 5.64. The van der Waals surface area contributed by atoms with Crippen molar-refractivity contribution in [1.82, 2.24) is 4.90 Å². The lowest BCUT2D eigenvalue weighted by atomic mass is 9.50. The van der Waals surface area contributed by atoms with Gasteiger partial charge in [-0.05, 0) is 38.1 Å². The van der Waals surface area contributed by atoms with Gasteiger partial charge in [0, 0.05) is 23.6 Å². The second-order valence-electron chi connectivity index (χ2n) is 12.1. The molecule has 18 heteroatoms. The van der Waals surface area contributed by atoms with E-state index in [1.807, 2.05) is 18.0 Å². The Hall–Kier alpha value is -4.62. The van der Waals surface area contributed by atoms with Crippen LogP contribution in [0.4, 0.5) is 0 Å². The predicted octanol–water partition coefficient (Wildman–Crippen LogP) is -2.42. The number of aliphatic carboxylic acids is 3. The molecule has 2 aliphatic carbocycles. The lowest BCUT2D eigenvalue weighted by Gasteiger charge is -2.61. The number of ether oxygens (including phenoxy) is 4. The molecule has 0 radical (unpaired) electrons. The van der Waals surface area contributed by atoms with Crippen molar-refractivity contribution in [1.29, 1.82) is 0 Å². The number of rotatable bonds is 13. The molecule has 0 aromatic heterocycles. The van der Waals surface area contributed by atoms with E-state index < -0.39 is 90.2 Å². The van der Waals surface area contributed by atoms with Crippen molar-refractivity contribution in [3.8, 4) is 5.75 Å². The number of carboxylic acids is 3. The smallest absolute Gasteiger partial charge is 0.348 e. The summed E-state index contributed by atoms with van der Waals surface area (Å²) in [5, 5.41) is 68.8. The molecule has 0 amide bonds. The minimum absolute atomic E-state index is 0.00190.